The zero-order valence-corrected chi connectivity index (χ0v) is 11.1. The molecule has 2 unspecified atom stereocenters. The average molecular weight is 262 g/mol. The molecule has 16 heavy (non-hydrogen) atoms. The van der Waals surface area contributed by atoms with Gasteiger partial charge in [0.05, 0.1) is 11.5 Å². The summed E-state index contributed by atoms with van der Waals surface area (Å²) in [4.78, 5) is 4.43. The van der Waals surface area contributed by atoms with Gasteiger partial charge in [0.2, 0.25) is 0 Å². The van der Waals surface area contributed by atoms with Gasteiger partial charge in [0.1, 0.15) is 0 Å². The lowest BCUT2D eigenvalue weighted by molar-refractivity contribution is 0.531. The smallest absolute Gasteiger partial charge is 0.156 e. The summed E-state index contributed by atoms with van der Waals surface area (Å²) >= 11 is 1.71. The van der Waals surface area contributed by atoms with Crippen molar-refractivity contribution in [3.8, 4) is 0 Å². The molecule has 6 heteroatoms. The molecule has 0 spiro atoms. The fourth-order valence-corrected chi connectivity index (χ4v) is 4.56. The maximum Gasteiger partial charge on any atom is 0.156 e. The van der Waals surface area contributed by atoms with Crippen molar-refractivity contribution < 1.29 is 8.42 Å². The van der Waals surface area contributed by atoms with Gasteiger partial charge in [-0.3, -0.25) is 4.99 Å². The number of aliphatic imine (C=N–C) groups is 1. The molecule has 2 rings (SSSR count). The Balaban J connectivity index is 1.90. The quantitative estimate of drug-likeness (QED) is 0.762. The first kappa shape index (κ1) is 12.2. The second kappa shape index (κ2) is 4.96. The number of nitrogens with zero attached hydrogens (tertiary/aromatic N) is 1. The van der Waals surface area contributed by atoms with E-state index in [4.69, 9.17) is 0 Å². The van der Waals surface area contributed by atoms with Crippen LogP contribution in [0.1, 0.15) is 19.8 Å². The Bertz CT molecular complexity index is 378. The zero-order chi connectivity index (χ0) is 11.6. The molecular formula is C10H18N2O2S2. The molecule has 0 amide bonds. The Hall–Kier alpha value is -0.230. The molecule has 1 fully saturated rings. The number of hydrogen-bond acceptors (Lipinski definition) is 5. The molecule has 0 aromatic heterocycles. The van der Waals surface area contributed by atoms with Gasteiger partial charge < -0.3 is 5.32 Å². The number of sulfone groups is 1. The SMILES string of the molecule is CC1CN=C(NC2CCCS(=O)(=O)C2)SC1. The Labute approximate surface area is 101 Å². The highest BCUT2D eigenvalue weighted by molar-refractivity contribution is 8.13. The minimum Gasteiger partial charge on any atom is -0.361 e. The van der Waals surface area contributed by atoms with Crippen molar-refractivity contribution in [3.63, 3.8) is 0 Å². The van der Waals surface area contributed by atoms with E-state index in [1.54, 1.807) is 11.8 Å². The van der Waals surface area contributed by atoms with Crippen LogP contribution in [0.4, 0.5) is 0 Å². The Morgan fingerprint density at radius 3 is 2.94 bits per heavy atom. The summed E-state index contributed by atoms with van der Waals surface area (Å²) in [5, 5.41) is 4.20. The van der Waals surface area contributed by atoms with Crippen molar-refractivity contribution in [1.29, 1.82) is 0 Å². The zero-order valence-electron chi connectivity index (χ0n) is 9.48. The van der Waals surface area contributed by atoms with Crippen LogP contribution in [0.5, 0.6) is 0 Å². The molecule has 2 aliphatic heterocycles. The van der Waals surface area contributed by atoms with E-state index in [2.05, 4.69) is 17.2 Å². The fraction of sp³-hybridized carbons (Fsp3) is 0.900. The largest absolute Gasteiger partial charge is 0.361 e. The van der Waals surface area contributed by atoms with Gasteiger partial charge in [-0.2, -0.15) is 0 Å². The van der Waals surface area contributed by atoms with Crippen LogP contribution in [0.15, 0.2) is 4.99 Å². The van der Waals surface area contributed by atoms with Crippen molar-refractivity contribution in [1.82, 2.24) is 5.32 Å². The lowest BCUT2D eigenvalue weighted by Crippen LogP contribution is -2.43. The van der Waals surface area contributed by atoms with Gasteiger partial charge in [-0.05, 0) is 18.8 Å². The molecule has 4 nitrogen and oxygen atoms in total. The first-order valence-corrected chi connectivity index (χ1v) is 8.50. The molecule has 0 radical (unpaired) electrons. The summed E-state index contributed by atoms with van der Waals surface area (Å²) in [5.74, 6) is 2.32. The third-order valence-electron chi connectivity index (χ3n) is 2.84. The van der Waals surface area contributed by atoms with Crippen LogP contribution in [0.2, 0.25) is 0 Å². The Morgan fingerprint density at radius 1 is 1.50 bits per heavy atom. The van der Waals surface area contributed by atoms with Crippen LogP contribution in [-0.4, -0.2) is 43.4 Å². The van der Waals surface area contributed by atoms with E-state index in [1.165, 1.54) is 0 Å². The first-order valence-electron chi connectivity index (χ1n) is 5.69. The summed E-state index contributed by atoms with van der Waals surface area (Å²) in [6, 6.07) is 0.0680. The van der Waals surface area contributed by atoms with Crippen molar-refractivity contribution in [3.05, 3.63) is 0 Å². The molecule has 2 heterocycles. The summed E-state index contributed by atoms with van der Waals surface area (Å²) < 4.78 is 22.9. The standard InChI is InChI=1S/C10H18N2O2S2/c1-8-5-11-10(15-6-8)12-9-3-2-4-16(13,14)7-9/h8-9H,2-7H2,1H3,(H,11,12). The van der Waals surface area contributed by atoms with E-state index in [1.807, 2.05) is 0 Å². The predicted octanol–water partition coefficient (Wildman–Crippen LogP) is 0.892. The maximum atomic E-state index is 11.5. The van der Waals surface area contributed by atoms with Crippen LogP contribution in [0.3, 0.4) is 0 Å². The van der Waals surface area contributed by atoms with E-state index in [-0.39, 0.29) is 11.8 Å². The summed E-state index contributed by atoms with van der Waals surface area (Å²) in [7, 11) is -2.82. The highest BCUT2D eigenvalue weighted by Crippen LogP contribution is 2.18. The van der Waals surface area contributed by atoms with Gasteiger partial charge in [0, 0.05) is 18.3 Å². The summed E-state index contributed by atoms with van der Waals surface area (Å²) in [6.07, 6.45) is 1.71. The maximum absolute atomic E-state index is 11.5. The summed E-state index contributed by atoms with van der Waals surface area (Å²) in [5.41, 5.74) is 0. The van der Waals surface area contributed by atoms with E-state index in [0.29, 0.717) is 11.7 Å². The average Bonchev–Trinajstić information content (AvgIpc) is 2.20. The number of hydrogen-bond donors (Lipinski definition) is 1. The predicted molar refractivity (Wildman–Crippen MR) is 68.7 cm³/mol. The molecule has 0 saturated carbocycles. The van der Waals surface area contributed by atoms with Crippen molar-refractivity contribution >= 4 is 26.8 Å². The van der Waals surface area contributed by atoms with E-state index >= 15 is 0 Å². The monoisotopic (exact) mass is 262 g/mol. The second-order valence-electron chi connectivity index (χ2n) is 4.66. The van der Waals surface area contributed by atoms with Crippen molar-refractivity contribution in [2.24, 2.45) is 10.9 Å². The summed E-state index contributed by atoms with van der Waals surface area (Å²) in [6.45, 7) is 3.03. The number of rotatable bonds is 1. The highest BCUT2D eigenvalue weighted by Gasteiger charge is 2.26. The van der Waals surface area contributed by atoms with Gasteiger partial charge >= 0.3 is 0 Å². The van der Waals surface area contributed by atoms with Crippen LogP contribution in [0.25, 0.3) is 0 Å². The third-order valence-corrected chi connectivity index (χ3v) is 5.92. The molecule has 1 N–H and O–H groups in total. The lowest BCUT2D eigenvalue weighted by Gasteiger charge is -2.26. The Morgan fingerprint density at radius 2 is 2.31 bits per heavy atom. The number of nitrogens with one attached hydrogen (secondary N) is 1. The molecule has 2 aliphatic rings. The molecular weight excluding hydrogens is 244 g/mol. The highest BCUT2D eigenvalue weighted by atomic mass is 32.2. The number of amidine groups is 1. The molecule has 0 aliphatic carbocycles. The number of thioether (sulfide) groups is 1. The Kier molecular flexibility index (Phi) is 3.79. The van der Waals surface area contributed by atoms with Crippen molar-refractivity contribution in [2.45, 2.75) is 25.8 Å². The second-order valence-corrected chi connectivity index (χ2v) is 7.90. The van der Waals surface area contributed by atoms with Gasteiger partial charge in [0.15, 0.2) is 15.0 Å². The van der Waals surface area contributed by atoms with E-state index in [0.717, 1.165) is 30.3 Å². The fourth-order valence-electron chi connectivity index (χ4n) is 1.96. The molecule has 1 saturated heterocycles. The molecule has 2 atom stereocenters. The van der Waals surface area contributed by atoms with E-state index in [9.17, 15) is 8.42 Å². The van der Waals surface area contributed by atoms with Gasteiger partial charge in [-0.25, -0.2) is 8.42 Å². The van der Waals surface area contributed by atoms with Gasteiger partial charge in [-0.15, -0.1) is 0 Å². The molecule has 0 aromatic carbocycles. The topological polar surface area (TPSA) is 58.5 Å². The minimum absolute atomic E-state index is 0.0680. The first-order chi connectivity index (χ1) is 7.55. The normalized spacial score (nSPS) is 34.2. The molecule has 92 valence electrons. The van der Waals surface area contributed by atoms with Crippen LogP contribution < -0.4 is 5.32 Å². The van der Waals surface area contributed by atoms with Gasteiger partial charge in [0.25, 0.3) is 0 Å². The van der Waals surface area contributed by atoms with Crippen molar-refractivity contribution in [2.75, 3.05) is 23.8 Å². The van der Waals surface area contributed by atoms with E-state index < -0.39 is 9.84 Å². The third kappa shape index (κ3) is 3.38. The lowest BCUT2D eigenvalue weighted by atomic mass is 10.2. The van der Waals surface area contributed by atoms with Crippen LogP contribution in [-0.2, 0) is 9.84 Å². The van der Waals surface area contributed by atoms with Crippen LogP contribution >= 0.6 is 11.8 Å². The van der Waals surface area contributed by atoms with Crippen LogP contribution in [0, 0.1) is 5.92 Å². The molecule has 0 aromatic rings. The molecule has 0 bridgehead atoms. The minimum atomic E-state index is -2.82. The van der Waals surface area contributed by atoms with Gasteiger partial charge in [-0.1, -0.05) is 18.7 Å².